The number of ether oxygens (including phenoxy) is 1. The Morgan fingerprint density at radius 1 is 1.30 bits per heavy atom. The van der Waals surface area contributed by atoms with Crippen LogP contribution in [0.5, 0.6) is 5.75 Å². The van der Waals surface area contributed by atoms with Crippen molar-refractivity contribution >= 4 is 10.0 Å². The zero-order valence-electron chi connectivity index (χ0n) is 11.8. The van der Waals surface area contributed by atoms with Gasteiger partial charge in [0.15, 0.2) is 0 Å². The Balaban J connectivity index is 1.84. The van der Waals surface area contributed by atoms with Crippen LogP contribution in [0.3, 0.4) is 0 Å². The molecule has 1 aromatic carbocycles. The molecule has 1 aliphatic heterocycles. The van der Waals surface area contributed by atoms with Gasteiger partial charge in [-0.1, -0.05) is 18.6 Å². The molecule has 2 rings (SSSR count). The molecule has 2 N–H and O–H groups in total. The number of hydrogen-bond donors (Lipinski definition) is 2. The van der Waals surface area contributed by atoms with E-state index < -0.39 is 10.0 Å². The lowest BCUT2D eigenvalue weighted by Gasteiger charge is -2.23. The van der Waals surface area contributed by atoms with Gasteiger partial charge >= 0.3 is 0 Å². The Bertz CT molecular complexity index is 508. The van der Waals surface area contributed by atoms with Gasteiger partial charge in [0.05, 0.1) is 12.9 Å². The molecule has 1 unspecified atom stereocenters. The molecule has 1 aromatic rings. The van der Waals surface area contributed by atoms with E-state index in [-0.39, 0.29) is 11.8 Å². The van der Waals surface area contributed by atoms with Gasteiger partial charge < -0.3 is 10.1 Å². The highest BCUT2D eigenvalue weighted by molar-refractivity contribution is 7.89. The Labute approximate surface area is 120 Å². The molecule has 1 atom stereocenters. The molecule has 1 aliphatic rings. The van der Waals surface area contributed by atoms with Crippen LogP contribution in [0, 0.1) is 0 Å². The van der Waals surface area contributed by atoms with E-state index in [4.69, 9.17) is 4.74 Å². The van der Waals surface area contributed by atoms with Crippen molar-refractivity contribution < 1.29 is 13.2 Å². The molecule has 0 saturated carbocycles. The smallest absolute Gasteiger partial charge is 0.213 e. The van der Waals surface area contributed by atoms with Crippen LogP contribution in [-0.4, -0.2) is 33.9 Å². The summed E-state index contributed by atoms with van der Waals surface area (Å²) in [6, 6.07) is 7.45. The van der Waals surface area contributed by atoms with Crippen LogP contribution in [0.4, 0.5) is 0 Å². The molecule has 6 heteroatoms. The SMILES string of the molecule is COc1ccc(CNS(=O)(=O)CC2CCCCN2)cc1. The molecule has 0 radical (unpaired) electrons. The minimum atomic E-state index is -3.24. The molecule has 112 valence electrons. The predicted molar refractivity (Wildman–Crippen MR) is 79.3 cm³/mol. The third-order valence-corrected chi connectivity index (χ3v) is 4.91. The lowest BCUT2D eigenvalue weighted by atomic mass is 10.1. The summed E-state index contributed by atoms with van der Waals surface area (Å²) < 4.78 is 31.8. The first-order valence-corrected chi connectivity index (χ1v) is 8.58. The molecule has 1 saturated heterocycles. The van der Waals surface area contributed by atoms with E-state index in [1.54, 1.807) is 7.11 Å². The predicted octanol–water partition coefficient (Wildman–Crippen LogP) is 1.26. The van der Waals surface area contributed by atoms with Gasteiger partial charge in [-0.3, -0.25) is 0 Å². The molecule has 20 heavy (non-hydrogen) atoms. The van der Waals surface area contributed by atoms with Crippen LogP contribution in [0.15, 0.2) is 24.3 Å². The van der Waals surface area contributed by atoms with Gasteiger partial charge in [0.1, 0.15) is 5.75 Å². The summed E-state index contributed by atoms with van der Waals surface area (Å²) in [5, 5.41) is 3.25. The van der Waals surface area contributed by atoms with Crippen LogP contribution in [0.1, 0.15) is 24.8 Å². The number of rotatable bonds is 6. The van der Waals surface area contributed by atoms with E-state index in [1.165, 1.54) is 0 Å². The summed E-state index contributed by atoms with van der Waals surface area (Å²) in [5.74, 6) is 0.923. The average Bonchev–Trinajstić information content (AvgIpc) is 2.46. The first kappa shape index (κ1) is 15.3. The lowest BCUT2D eigenvalue weighted by molar-refractivity contribution is 0.414. The molecule has 1 fully saturated rings. The van der Waals surface area contributed by atoms with Crippen LogP contribution in [-0.2, 0) is 16.6 Å². The van der Waals surface area contributed by atoms with Crippen molar-refractivity contribution in [3.05, 3.63) is 29.8 Å². The molecule has 0 spiro atoms. The molecule has 0 amide bonds. The Kier molecular flexibility index (Phi) is 5.39. The fourth-order valence-corrected chi connectivity index (χ4v) is 3.65. The molecular weight excluding hydrogens is 276 g/mol. The number of methoxy groups -OCH3 is 1. The largest absolute Gasteiger partial charge is 0.497 e. The quantitative estimate of drug-likeness (QED) is 0.829. The molecular formula is C14H22N2O3S. The van der Waals surface area contributed by atoms with Crippen LogP contribution >= 0.6 is 0 Å². The van der Waals surface area contributed by atoms with E-state index in [9.17, 15) is 8.42 Å². The van der Waals surface area contributed by atoms with Crippen LogP contribution in [0.2, 0.25) is 0 Å². The van der Waals surface area contributed by atoms with Crippen molar-refractivity contribution in [1.29, 1.82) is 0 Å². The summed E-state index contributed by atoms with van der Waals surface area (Å²) >= 11 is 0. The van der Waals surface area contributed by atoms with Crippen molar-refractivity contribution in [2.24, 2.45) is 0 Å². The third kappa shape index (κ3) is 4.77. The Hall–Kier alpha value is -1.11. The summed E-state index contributed by atoms with van der Waals surface area (Å²) in [5.41, 5.74) is 0.922. The summed E-state index contributed by atoms with van der Waals surface area (Å²) in [4.78, 5) is 0. The zero-order valence-corrected chi connectivity index (χ0v) is 12.6. The molecule has 0 aliphatic carbocycles. The van der Waals surface area contributed by atoms with E-state index >= 15 is 0 Å². The Morgan fingerprint density at radius 2 is 2.05 bits per heavy atom. The van der Waals surface area contributed by atoms with Gasteiger partial charge in [0.2, 0.25) is 10.0 Å². The molecule has 5 nitrogen and oxygen atoms in total. The topological polar surface area (TPSA) is 67.4 Å². The van der Waals surface area contributed by atoms with E-state index in [0.717, 1.165) is 37.1 Å². The van der Waals surface area contributed by atoms with Crippen molar-refractivity contribution in [1.82, 2.24) is 10.0 Å². The summed E-state index contributed by atoms with van der Waals surface area (Å²) in [6.07, 6.45) is 3.17. The lowest BCUT2D eigenvalue weighted by Crippen LogP contribution is -2.42. The second-order valence-electron chi connectivity index (χ2n) is 5.10. The van der Waals surface area contributed by atoms with Gasteiger partial charge in [0.25, 0.3) is 0 Å². The van der Waals surface area contributed by atoms with Gasteiger partial charge in [-0.2, -0.15) is 0 Å². The maximum absolute atomic E-state index is 12.0. The fraction of sp³-hybridized carbons (Fsp3) is 0.571. The van der Waals surface area contributed by atoms with Crippen LogP contribution < -0.4 is 14.8 Å². The highest BCUT2D eigenvalue weighted by Gasteiger charge is 2.20. The summed E-state index contributed by atoms with van der Waals surface area (Å²) in [6.45, 7) is 1.23. The first-order chi connectivity index (χ1) is 9.59. The molecule has 0 aromatic heterocycles. The second-order valence-corrected chi connectivity index (χ2v) is 6.95. The minimum absolute atomic E-state index is 0.0807. The fourth-order valence-electron chi connectivity index (χ4n) is 2.33. The maximum atomic E-state index is 12.0. The zero-order chi connectivity index (χ0) is 14.4. The van der Waals surface area contributed by atoms with Crippen molar-refractivity contribution in [3.63, 3.8) is 0 Å². The standard InChI is InChI=1S/C14H22N2O3S/c1-19-14-7-5-12(6-8-14)10-16-20(17,18)11-13-4-2-3-9-15-13/h5-8,13,15-16H,2-4,9-11H2,1H3. The number of nitrogens with one attached hydrogen (secondary N) is 2. The van der Waals surface area contributed by atoms with Crippen LogP contribution in [0.25, 0.3) is 0 Å². The van der Waals surface area contributed by atoms with Gasteiger partial charge in [-0.25, -0.2) is 13.1 Å². The third-order valence-electron chi connectivity index (χ3n) is 3.49. The van der Waals surface area contributed by atoms with Crippen molar-refractivity contribution in [3.8, 4) is 5.75 Å². The van der Waals surface area contributed by atoms with Crippen molar-refractivity contribution in [2.45, 2.75) is 31.8 Å². The highest BCUT2D eigenvalue weighted by Crippen LogP contribution is 2.12. The molecule has 1 heterocycles. The number of benzene rings is 1. The van der Waals surface area contributed by atoms with Gasteiger partial charge in [0, 0.05) is 12.6 Å². The number of hydrogen-bond acceptors (Lipinski definition) is 4. The maximum Gasteiger partial charge on any atom is 0.213 e. The minimum Gasteiger partial charge on any atom is -0.497 e. The Morgan fingerprint density at radius 3 is 2.65 bits per heavy atom. The highest BCUT2D eigenvalue weighted by atomic mass is 32.2. The summed E-state index contributed by atoms with van der Waals surface area (Å²) in [7, 11) is -1.63. The van der Waals surface area contributed by atoms with E-state index in [0.29, 0.717) is 6.54 Å². The average molecular weight is 298 g/mol. The van der Waals surface area contributed by atoms with Crippen molar-refractivity contribution in [2.75, 3.05) is 19.4 Å². The monoisotopic (exact) mass is 298 g/mol. The van der Waals surface area contributed by atoms with E-state index in [2.05, 4.69) is 10.0 Å². The second kappa shape index (κ2) is 7.06. The van der Waals surface area contributed by atoms with Gasteiger partial charge in [-0.05, 0) is 37.1 Å². The van der Waals surface area contributed by atoms with Gasteiger partial charge in [-0.15, -0.1) is 0 Å². The molecule has 0 bridgehead atoms. The normalized spacial score (nSPS) is 19.8. The van der Waals surface area contributed by atoms with E-state index in [1.807, 2.05) is 24.3 Å². The number of sulfonamides is 1. The first-order valence-electron chi connectivity index (χ1n) is 6.93. The number of piperidine rings is 1.